The number of rotatable bonds is 10. The second-order valence-electron chi connectivity index (χ2n) is 18.1. The predicted octanol–water partition coefficient (Wildman–Crippen LogP) is 2.23. The fourth-order valence-corrected chi connectivity index (χ4v) is 7.92. The van der Waals surface area contributed by atoms with E-state index in [1.165, 1.54) is 9.80 Å². The molecule has 14 heteroatoms. The van der Waals surface area contributed by atoms with Gasteiger partial charge < -0.3 is 26.6 Å². The van der Waals surface area contributed by atoms with E-state index in [0.717, 1.165) is 0 Å². The van der Waals surface area contributed by atoms with Crippen molar-refractivity contribution in [3.05, 3.63) is 0 Å². The van der Waals surface area contributed by atoms with Crippen LogP contribution in [0.15, 0.2) is 0 Å². The number of primary amides is 1. The molecule has 2 saturated heterocycles. The van der Waals surface area contributed by atoms with Crippen molar-refractivity contribution in [2.75, 3.05) is 13.1 Å². The Morgan fingerprint density at radius 1 is 0.918 bits per heavy atom. The molecule has 49 heavy (non-hydrogen) atoms. The molecule has 4 rings (SSSR count). The summed E-state index contributed by atoms with van der Waals surface area (Å²) in [6.07, 6.45) is 1.33. The van der Waals surface area contributed by atoms with Crippen molar-refractivity contribution in [3.8, 4) is 0 Å². The molecule has 0 aromatic heterocycles. The molecule has 13 nitrogen and oxygen atoms in total. The van der Waals surface area contributed by atoms with Crippen molar-refractivity contribution < 1.29 is 33.6 Å². The average Bonchev–Trinajstić information content (AvgIpc) is 3.68. The number of carbonyl (C=O) groups is 7. The van der Waals surface area contributed by atoms with Crippen LogP contribution in [0.25, 0.3) is 0 Å². The van der Waals surface area contributed by atoms with Crippen molar-refractivity contribution in [1.29, 1.82) is 0 Å². The van der Waals surface area contributed by atoms with Gasteiger partial charge in [-0.1, -0.05) is 82.6 Å². The van der Waals surface area contributed by atoms with Crippen molar-refractivity contribution in [2.45, 2.75) is 126 Å². The number of nitrogens with one attached hydrogen (secondary N) is 3. The van der Waals surface area contributed by atoms with Gasteiger partial charge in [-0.25, -0.2) is 4.79 Å². The molecule has 5 N–H and O–H groups in total. The number of amides is 7. The minimum absolute atomic E-state index is 0. The number of likely N-dealkylation sites (tertiary alicyclic amines) is 2. The first-order valence-electron chi connectivity index (χ1n) is 17.2. The molecule has 2 heterocycles. The van der Waals surface area contributed by atoms with Crippen molar-refractivity contribution in [3.63, 3.8) is 0 Å². The minimum Gasteiger partial charge on any atom is -0.363 e. The zero-order valence-electron chi connectivity index (χ0n) is 31.0. The Morgan fingerprint density at radius 3 is 1.92 bits per heavy atom. The number of Topliss-reactive ketones (excluding diaryl/α,β-unsaturated/α-hetero) is 1. The molecule has 0 radical (unpaired) electrons. The molecule has 0 aromatic rings. The number of imide groups is 1. The van der Waals surface area contributed by atoms with Gasteiger partial charge in [0.1, 0.15) is 17.6 Å². The fourth-order valence-electron chi connectivity index (χ4n) is 7.92. The van der Waals surface area contributed by atoms with Crippen LogP contribution in [0.1, 0.15) is 102 Å². The number of nitrogens with two attached hydrogens (primary N) is 1. The van der Waals surface area contributed by atoms with Gasteiger partial charge in [0.25, 0.3) is 5.91 Å². The summed E-state index contributed by atoms with van der Waals surface area (Å²) in [6, 6.07) is -3.20. The van der Waals surface area contributed by atoms with Crippen LogP contribution >= 0.6 is 13.5 Å². The van der Waals surface area contributed by atoms with Crippen molar-refractivity contribution in [1.82, 2.24) is 25.8 Å². The lowest BCUT2D eigenvalue weighted by Gasteiger charge is -2.41. The normalized spacial score (nSPS) is 29.5. The number of hydrogen-bond acceptors (Lipinski definition) is 7. The number of nitrogens with zero attached hydrogens (tertiary/aromatic N) is 2. The SMILES string of the molecule is CC[C@@H]1C[C@@]1(NC(=O)[C@@H]1[C@@H]2[C@H](CN1C(=O)[C@@H](NC(=O)N[C@H](CN1C(=O)CC(C)(C)CC1=O)C(C)(C)C)C(C)(C)C)C2(C)C)C(=O)C(N)=O.S. The van der Waals surface area contributed by atoms with E-state index < -0.39 is 69.4 Å². The predicted molar refractivity (Wildman–Crippen MR) is 188 cm³/mol. The number of urea groups is 1. The summed E-state index contributed by atoms with van der Waals surface area (Å²) < 4.78 is 0. The Hall–Kier alpha value is -3.16. The van der Waals surface area contributed by atoms with Gasteiger partial charge in [0, 0.05) is 25.9 Å². The maximum absolute atomic E-state index is 14.4. The van der Waals surface area contributed by atoms with Gasteiger partial charge in [0.05, 0.1) is 6.04 Å². The zero-order chi connectivity index (χ0) is 36.5. The second kappa shape index (κ2) is 13.2. The molecule has 4 aliphatic rings. The third-order valence-electron chi connectivity index (χ3n) is 11.3. The largest absolute Gasteiger partial charge is 0.363 e. The molecule has 2 aliphatic carbocycles. The molecule has 0 unspecified atom stereocenters. The van der Waals surface area contributed by atoms with E-state index in [1.54, 1.807) is 0 Å². The summed E-state index contributed by atoms with van der Waals surface area (Å²) in [5.74, 6) is -3.79. The van der Waals surface area contributed by atoms with Gasteiger partial charge >= 0.3 is 6.03 Å². The molecule has 0 bridgehead atoms. The Morgan fingerprint density at radius 2 is 1.47 bits per heavy atom. The van der Waals surface area contributed by atoms with Crippen LogP contribution in [0.2, 0.25) is 0 Å². The highest BCUT2D eigenvalue weighted by atomic mass is 32.1. The Labute approximate surface area is 297 Å². The molecule has 276 valence electrons. The van der Waals surface area contributed by atoms with Crippen molar-refractivity contribution in [2.24, 2.45) is 45.1 Å². The number of carbonyl (C=O) groups excluding carboxylic acids is 7. The molecular formula is C35H58N6O7S. The number of hydrogen-bond donors (Lipinski definition) is 4. The number of fused-ring (bicyclic) bond motifs is 1. The van der Waals surface area contributed by atoms with E-state index in [0.29, 0.717) is 19.4 Å². The number of ketones is 1. The molecule has 4 fully saturated rings. The highest BCUT2D eigenvalue weighted by Crippen LogP contribution is 2.65. The van der Waals surface area contributed by atoms with Gasteiger partial charge in [-0.2, -0.15) is 13.5 Å². The molecule has 2 aliphatic heterocycles. The van der Waals surface area contributed by atoms with Crippen LogP contribution in [0.4, 0.5) is 4.79 Å². The standard InChI is InChI=1S/C35H56N6O7.H2S/c1-12-18-13-35(18,26(44)27(36)45)39-28(46)24-23-19(34(23,10)11)16-41(24)29(47)25(32(5,6)7)38-30(48)37-20(31(2,3)4)17-40-21(42)14-33(8,9)15-22(40)43;/h18-20,23-25H,12-17H2,1-11H3,(H2,36,45)(H,39,46)(H2,37,38,48);1H2/t18-,19+,20-,23+,24+,25-,35+;/m1./s1. The molecule has 7 atom stereocenters. The van der Waals surface area contributed by atoms with Crippen molar-refractivity contribution >= 4 is 54.8 Å². The van der Waals surface area contributed by atoms with E-state index in [9.17, 15) is 33.6 Å². The van der Waals surface area contributed by atoms with Crippen LogP contribution < -0.4 is 21.7 Å². The molecule has 2 saturated carbocycles. The Balaban J connectivity index is 0.00000650. The van der Waals surface area contributed by atoms with Gasteiger partial charge in [0.15, 0.2) is 0 Å². The zero-order valence-corrected chi connectivity index (χ0v) is 32.0. The van der Waals surface area contributed by atoms with Crippen LogP contribution in [-0.4, -0.2) is 87.9 Å². The van der Waals surface area contributed by atoms with E-state index >= 15 is 0 Å². The smallest absolute Gasteiger partial charge is 0.315 e. The summed E-state index contributed by atoms with van der Waals surface area (Å²) >= 11 is 0. The molecule has 0 aromatic carbocycles. The van der Waals surface area contributed by atoms with E-state index in [-0.39, 0.29) is 67.9 Å². The van der Waals surface area contributed by atoms with E-state index in [1.807, 2.05) is 76.2 Å². The molecule has 0 spiro atoms. The van der Waals surface area contributed by atoms with Gasteiger partial charge in [-0.3, -0.25) is 33.7 Å². The lowest BCUT2D eigenvalue weighted by Crippen LogP contribution is -2.63. The maximum atomic E-state index is 14.4. The van der Waals surface area contributed by atoms with E-state index in [2.05, 4.69) is 16.0 Å². The van der Waals surface area contributed by atoms with Crippen LogP contribution in [-0.2, 0) is 28.8 Å². The third-order valence-corrected chi connectivity index (χ3v) is 11.3. The van der Waals surface area contributed by atoms with Gasteiger partial charge in [-0.05, 0) is 45.8 Å². The third kappa shape index (κ3) is 7.78. The fraction of sp³-hybridized carbons (Fsp3) is 0.800. The summed E-state index contributed by atoms with van der Waals surface area (Å²) in [6.45, 7) is 21.1. The summed E-state index contributed by atoms with van der Waals surface area (Å²) in [5, 5.41) is 8.62. The molecule has 7 amide bonds. The number of piperidine rings is 2. The quantitative estimate of drug-likeness (QED) is 0.198. The second-order valence-corrected chi connectivity index (χ2v) is 18.1. The van der Waals surface area contributed by atoms with Gasteiger partial charge in [-0.15, -0.1) is 0 Å². The monoisotopic (exact) mass is 706 g/mol. The topological polar surface area (TPSA) is 188 Å². The first-order valence-corrected chi connectivity index (χ1v) is 17.2. The highest BCUT2D eigenvalue weighted by Gasteiger charge is 2.71. The van der Waals surface area contributed by atoms with E-state index in [4.69, 9.17) is 5.73 Å². The molecular weight excluding hydrogens is 648 g/mol. The van der Waals surface area contributed by atoms with Crippen LogP contribution in [0.3, 0.4) is 0 Å². The average molecular weight is 707 g/mol. The van der Waals surface area contributed by atoms with Crippen LogP contribution in [0.5, 0.6) is 0 Å². The summed E-state index contributed by atoms with van der Waals surface area (Å²) in [5.41, 5.74) is 2.02. The Kier molecular flexibility index (Phi) is 10.8. The maximum Gasteiger partial charge on any atom is 0.315 e. The lowest BCUT2D eigenvalue weighted by molar-refractivity contribution is -0.153. The van der Waals surface area contributed by atoms with Crippen LogP contribution in [0, 0.1) is 39.4 Å². The first-order chi connectivity index (χ1) is 21.8. The summed E-state index contributed by atoms with van der Waals surface area (Å²) in [7, 11) is 0. The first kappa shape index (κ1) is 40.3. The summed E-state index contributed by atoms with van der Waals surface area (Å²) in [4.78, 5) is 95.3. The lowest BCUT2D eigenvalue weighted by atomic mass is 9.80. The Bertz CT molecular complexity index is 1400. The van der Waals surface area contributed by atoms with Gasteiger partial charge in [0.2, 0.25) is 29.4 Å². The highest BCUT2D eigenvalue weighted by molar-refractivity contribution is 7.59. The minimum atomic E-state index is -1.36.